The van der Waals surface area contributed by atoms with Crippen molar-refractivity contribution in [1.29, 1.82) is 0 Å². The molecule has 0 unspecified atom stereocenters. The molecule has 1 heterocycles. The summed E-state index contributed by atoms with van der Waals surface area (Å²) in [5.74, 6) is -1.94. The summed E-state index contributed by atoms with van der Waals surface area (Å²) in [4.78, 5) is 35.6. The van der Waals surface area contributed by atoms with Crippen molar-refractivity contribution in [3.05, 3.63) is 35.9 Å². The molecular weight excluding hydrogens is 434 g/mol. The number of rotatable bonds is 8. The standard InChI is InChI=1S/C19H25NO10S/c1-11(21)27-10-14-16(28-12(2)22)17(30-31(4,24)25)15(19(26-3)29-14)20-18(23)13-8-6-5-7-9-13/h5-9,14-17,19H,10H2,1-4H3,(H,20,23)/t14-,15-,16-,17-,19-/m1/s1. The Hall–Kier alpha value is -2.54. The Bertz CT molecular complexity index is 888. The van der Waals surface area contributed by atoms with Crippen molar-refractivity contribution in [3.63, 3.8) is 0 Å². The minimum Gasteiger partial charge on any atom is -0.463 e. The van der Waals surface area contributed by atoms with Crippen LogP contribution in [0.5, 0.6) is 0 Å². The molecule has 1 aromatic carbocycles. The Morgan fingerprint density at radius 1 is 1.06 bits per heavy atom. The Morgan fingerprint density at radius 2 is 1.71 bits per heavy atom. The van der Waals surface area contributed by atoms with Crippen LogP contribution in [0.25, 0.3) is 0 Å². The van der Waals surface area contributed by atoms with Gasteiger partial charge in [0.05, 0.1) is 6.26 Å². The summed E-state index contributed by atoms with van der Waals surface area (Å²) in [7, 11) is -2.80. The van der Waals surface area contributed by atoms with Crippen LogP contribution in [0.4, 0.5) is 0 Å². The zero-order valence-corrected chi connectivity index (χ0v) is 18.3. The van der Waals surface area contributed by atoms with Crippen molar-refractivity contribution in [3.8, 4) is 0 Å². The Balaban J connectivity index is 2.42. The summed E-state index contributed by atoms with van der Waals surface area (Å²) >= 11 is 0. The fourth-order valence-electron chi connectivity index (χ4n) is 3.07. The molecule has 0 aliphatic carbocycles. The second-order valence-corrected chi connectivity index (χ2v) is 8.39. The number of carbonyl (C=O) groups is 3. The number of hydrogen-bond donors (Lipinski definition) is 1. The molecule has 31 heavy (non-hydrogen) atoms. The van der Waals surface area contributed by atoms with Crippen LogP contribution < -0.4 is 5.32 Å². The molecule has 1 saturated heterocycles. The van der Waals surface area contributed by atoms with Gasteiger partial charge in [0.1, 0.15) is 24.9 Å². The third kappa shape index (κ3) is 7.28. The highest BCUT2D eigenvalue weighted by molar-refractivity contribution is 7.86. The fraction of sp³-hybridized carbons (Fsp3) is 0.526. The average Bonchev–Trinajstić information content (AvgIpc) is 2.68. The molecular formula is C19H25NO10S. The van der Waals surface area contributed by atoms with Crippen LogP contribution >= 0.6 is 0 Å². The van der Waals surface area contributed by atoms with Gasteiger partial charge in [-0.05, 0) is 12.1 Å². The maximum Gasteiger partial charge on any atom is 0.303 e. The van der Waals surface area contributed by atoms with Crippen molar-refractivity contribution < 1.29 is 45.9 Å². The molecule has 1 aromatic rings. The molecule has 1 N–H and O–H groups in total. The van der Waals surface area contributed by atoms with E-state index in [4.69, 9.17) is 23.1 Å². The number of ether oxygens (including phenoxy) is 4. The minimum absolute atomic E-state index is 0.293. The molecule has 1 aliphatic heterocycles. The summed E-state index contributed by atoms with van der Waals surface area (Å²) in [5, 5.41) is 2.62. The summed E-state index contributed by atoms with van der Waals surface area (Å²) in [6.07, 6.45) is -4.27. The van der Waals surface area contributed by atoms with Crippen LogP contribution in [-0.4, -0.2) is 76.9 Å². The number of hydrogen-bond acceptors (Lipinski definition) is 10. The Labute approximate surface area is 180 Å². The number of amides is 1. The van der Waals surface area contributed by atoms with Gasteiger partial charge in [-0.2, -0.15) is 8.42 Å². The van der Waals surface area contributed by atoms with Crippen molar-refractivity contribution in [2.75, 3.05) is 20.0 Å². The Morgan fingerprint density at radius 3 is 2.23 bits per heavy atom. The van der Waals surface area contributed by atoms with E-state index in [1.807, 2.05) is 0 Å². The summed E-state index contributed by atoms with van der Waals surface area (Å²) in [6, 6.07) is 6.96. The molecule has 0 spiro atoms. The van der Waals surface area contributed by atoms with Gasteiger partial charge >= 0.3 is 11.9 Å². The lowest BCUT2D eigenvalue weighted by atomic mass is 9.96. The average molecular weight is 459 g/mol. The topological polar surface area (TPSA) is 144 Å². The number of carbonyl (C=O) groups excluding carboxylic acids is 3. The third-order valence-corrected chi connectivity index (χ3v) is 4.82. The molecule has 12 heteroatoms. The zero-order valence-electron chi connectivity index (χ0n) is 17.5. The maximum atomic E-state index is 12.7. The van der Waals surface area contributed by atoms with Crippen LogP contribution in [0.1, 0.15) is 24.2 Å². The second kappa shape index (κ2) is 10.7. The lowest BCUT2D eigenvalue weighted by Gasteiger charge is -2.44. The Kier molecular flexibility index (Phi) is 8.51. The molecule has 1 aliphatic rings. The van der Waals surface area contributed by atoms with Crippen molar-refractivity contribution >= 4 is 28.0 Å². The highest BCUT2D eigenvalue weighted by atomic mass is 32.2. The summed E-state index contributed by atoms with van der Waals surface area (Å²) in [6.45, 7) is 1.92. The van der Waals surface area contributed by atoms with E-state index in [1.54, 1.807) is 30.3 Å². The van der Waals surface area contributed by atoms with Gasteiger partial charge in [-0.15, -0.1) is 0 Å². The third-order valence-electron chi connectivity index (χ3n) is 4.25. The van der Waals surface area contributed by atoms with Gasteiger partial charge in [0, 0.05) is 26.5 Å². The highest BCUT2D eigenvalue weighted by Gasteiger charge is 2.51. The quantitative estimate of drug-likeness (QED) is 0.416. The largest absolute Gasteiger partial charge is 0.463 e. The van der Waals surface area contributed by atoms with Gasteiger partial charge in [0.15, 0.2) is 12.4 Å². The van der Waals surface area contributed by atoms with Crippen LogP contribution in [0.15, 0.2) is 30.3 Å². The van der Waals surface area contributed by atoms with Crippen LogP contribution in [0, 0.1) is 0 Å². The van der Waals surface area contributed by atoms with Gasteiger partial charge in [0.25, 0.3) is 16.0 Å². The molecule has 2 rings (SSSR count). The SMILES string of the molecule is CO[C@@H]1O[C@H](COC(C)=O)[C@@H](OC(C)=O)[C@H](OS(C)(=O)=O)[C@H]1NC(=O)c1ccccc1. The zero-order chi connectivity index (χ0) is 23.2. The second-order valence-electron chi connectivity index (χ2n) is 6.79. The fourth-order valence-corrected chi connectivity index (χ4v) is 3.70. The first-order valence-corrected chi connectivity index (χ1v) is 11.1. The van der Waals surface area contributed by atoms with Gasteiger partial charge in [-0.3, -0.25) is 18.6 Å². The molecule has 5 atom stereocenters. The van der Waals surface area contributed by atoms with E-state index in [0.717, 1.165) is 13.2 Å². The molecule has 1 fully saturated rings. The van der Waals surface area contributed by atoms with Crippen molar-refractivity contribution in [1.82, 2.24) is 5.32 Å². The van der Waals surface area contributed by atoms with Gasteiger partial charge in [-0.1, -0.05) is 18.2 Å². The molecule has 11 nitrogen and oxygen atoms in total. The van der Waals surface area contributed by atoms with E-state index in [0.29, 0.717) is 5.56 Å². The lowest BCUT2D eigenvalue weighted by molar-refractivity contribution is -0.263. The van der Waals surface area contributed by atoms with Gasteiger partial charge in [0.2, 0.25) is 0 Å². The first-order valence-electron chi connectivity index (χ1n) is 9.25. The molecule has 0 radical (unpaired) electrons. The monoisotopic (exact) mass is 459 g/mol. The van der Waals surface area contributed by atoms with E-state index in [9.17, 15) is 22.8 Å². The van der Waals surface area contributed by atoms with E-state index in [2.05, 4.69) is 5.32 Å². The summed E-state index contributed by atoms with van der Waals surface area (Å²) in [5.41, 5.74) is 0.293. The van der Waals surface area contributed by atoms with Crippen molar-refractivity contribution in [2.45, 2.75) is 44.5 Å². The van der Waals surface area contributed by atoms with E-state index in [-0.39, 0.29) is 6.61 Å². The summed E-state index contributed by atoms with van der Waals surface area (Å²) < 4.78 is 50.3. The molecule has 1 amide bonds. The first-order chi connectivity index (χ1) is 14.5. The number of benzene rings is 1. The minimum atomic E-state index is -4.07. The van der Waals surface area contributed by atoms with Gasteiger partial charge in [-0.25, -0.2) is 0 Å². The molecule has 172 valence electrons. The molecule has 0 saturated carbocycles. The first kappa shape index (κ1) is 24.7. The number of esters is 2. The van der Waals surface area contributed by atoms with Crippen LogP contribution in [0.3, 0.4) is 0 Å². The van der Waals surface area contributed by atoms with Crippen LogP contribution in [0.2, 0.25) is 0 Å². The van der Waals surface area contributed by atoms with E-state index in [1.165, 1.54) is 14.0 Å². The van der Waals surface area contributed by atoms with E-state index < -0.39 is 58.6 Å². The van der Waals surface area contributed by atoms with Gasteiger partial charge < -0.3 is 24.3 Å². The van der Waals surface area contributed by atoms with Crippen LogP contribution in [-0.2, 0) is 42.8 Å². The smallest absolute Gasteiger partial charge is 0.303 e. The van der Waals surface area contributed by atoms with Crippen molar-refractivity contribution in [2.24, 2.45) is 0 Å². The predicted molar refractivity (Wildman–Crippen MR) is 105 cm³/mol. The maximum absolute atomic E-state index is 12.7. The predicted octanol–water partition coefficient (Wildman–Crippen LogP) is -0.00410. The number of methoxy groups -OCH3 is 1. The number of nitrogens with one attached hydrogen (secondary N) is 1. The highest BCUT2D eigenvalue weighted by Crippen LogP contribution is 2.28. The van der Waals surface area contributed by atoms with E-state index >= 15 is 0 Å². The molecule has 0 aromatic heterocycles. The normalized spacial score (nSPS) is 26.0. The lowest BCUT2D eigenvalue weighted by Crippen LogP contribution is -2.66. The molecule has 0 bridgehead atoms.